The highest BCUT2D eigenvalue weighted by atomic mass is 32.1. The summed E-state index contributed by atoms with van der Waals surface area (Å²) in [5.41, 5.74) is 7.93. The summed E-state index contributed by atoms with van der Waals surface area (Å²) in [6.45, 7) is 2.08. The Bertz CT molecular complexity index is 551. The van der Waals surface area contributed by atoms with E-state index < -0.39 is 0 Å². The lowest BCUT2D eigenvalue weighted by molar-refractivity contribution is -0.118. The van der Waals surface area contributed by atoms with Crippen molar-refractivity contribution in [3.05, 3.63) is 40.7 Å². The molecular weight excluding hydrogens is 268 g/mol. The number of Topliss-reactive ketones (excluding diaryl/α,β-unsaturated/α-hetero) is 1. The van der Waals surface area contributed by atoms with E-state index in [2.05, 4.69) is 11.9 Å². The Morgan fingerprint density at radius 2 is 2.10 bits per heavy atom. The van der Waals surface area contributed by atoms with Crippen LogP contribution in [0, 0.1) is 0 Å². The summed E-state index contributed by atoms with van der Waals surface area (Å²) in [5, 5.41) is 2.88. The van der Waals surface area contributed by atoms with Gasteiger partial charge in [-0.3, -0.25) is 4.79 Å². The molecule has 1 heterocycles. The van der Waals surface area contributed by atoms with E-state index in [0.717, 1.165) is 29.1 Å². The fraction of sp³-hybridized carbons (Fsp3) is 0.375. The SMILES string of the molecule is CCCC(N)CC(=O)Cc1nc(-c2ccccc2)cs1. The maximum Gasteiger partial charge on any atom is 0.141 e. The molecule has 1 unspecified atom stereocenters. The largest absolute Gasteiger partial charge is 0.327 e. The van der Waals surface area contributed by atoms with Gasteiger partial charge >= 0.3 is 0 Å². The highest BCUT2D eigenvalue weighted by molar-refractivity contribution is 7.10. The van der Waals surface area contributed by atoms with Crippen LogP contribution in [0.5, 0.6) is 0 Å². The van der Waals surface area contributed by atoms with E-state index in [1.165, 1.54) is 0 Å². The lowest BCUT2D eigenvalue weighted by atomic mass is 10.1. The van der Waals surface area contributed by atoms with Gasteiger partial charge in [-0.25, -0.2) is 4.98 Å². The Hall–Kier alpha value is -1.52. The van der Waals surface area contributed by atoms with Crippen molar-refractivity contribution in [2.24, 2.45) is 5.73 Å². The number of hydrogen-bond acceptors (Lipinski definition) is 4. The number of aromatic nitrogens is 1. The molecule has 0 spiro atoms. The van der Waals surface area contributed by atoms with Crippen LogP contribution in [0.25, 0.3) is 11.3 Å². The first-order valence-corrected chi connectivity index (χ1v) is 7.84. The Labute approximate surface area is 123 Å². The summed E-state index contributed by atoms with van der Waals surface area (Å²) in [4.78, 5) is 16.5. The van der Waals surface area contributed by atoms with Gasteiger partial charge in [0.05, 0.1) is 12.1 Å². The first-order valence-electron chi connectivity index (χ1n) is 6.96. The van der Waals surface area contributed by atoms with Crippen molar-refractivity contribution in [2.45, 2.75) is 38.6 Å². The Morgan fingerprint density at radius 3 is 2.80 bits per heavy atom. The molecule has 0 aliphatic heterocycles. The van der Waals surface area contributed by atoms with Gasteiger partial charge < -0.3 is 5.73 Å². The molecule has 1 aromatic carbocycles. The molecule has 0 saturated heterocycles. The summed E-state index contributed by atoms with van der Waals surface area (Å²) in [6, 6.07) is 10.00. The molecule has 0 radical (unpaired) electrons. The third kappa shape index (κ3) is 4.25. The normalized spacial score (nSPS) is 12.3. The predicted octanol–water partition coefficient (Wildman–Crippen LogP) is 3.44. The zero-order valence-corrected chi connectivity index (χ0v) is 12.5. The highest BCUT2D eigenvalue weighted by Crippen LogP contribution is 2.22. The summed E-state index contributed by atoms with van der Waals surface area (Å²) in [5.74, 6) is 0.180. The molecule has 0 fully saturated rings. The fourth-order valence-corrected chi connectivity index (χ4v) is 2.97. The average Bonchev–Trinajstić information content (AvgIpc) is 2.88. The third-order valence-electron chi connectivity index (χ3n) is 3.12. The molecule has 2 aromatic rings. The summed E-state index contributed by atoms with van der Waals surface area (Å²) >= 11 is 1.54. The van der Waals surface area contributed by atoms with E-state index in [9.17, 15) is 4.79 Å². The van der Waals surface area contributed by atoms with Gasteiger partial charge in [-0.15, -0.1) is 11.3 Å². The number of carbonyl (C=O) groups is 1. The van der Waals surface area contributed by atoms with E-state index in [1.807, 2.05) is 35.7 Å². The van der Waals surface area contributed by atoms with Gasteiger partial charge in [0.15, 0.2) is 0 Å². The monoisotopic (exact) mass is 288 g/mol. The standard InChI is InChI=1S/C16H20N2OS/c1-2-6-13(17)9-14(19)10-16-18-15(11-20-16)12-7-4-3-5-8-12/h3-5,7-8,11,13H,2,6,9-10,17H2,1H3. The molecule has 0 bridgehead atoms. The number of nitrogens with two attached hydrogens (primary N) is 1. The fourth-order valence-electron chi connectivity index (χ4n) is 2.14. The Morgan fingerprint density at radius 1 is 1.35 bits per heavy atom. The van der Waals surface area contributed by atoms with Gasteiger partial charge in [0.2, 0.25) is 0 Å². The average molecular weight is 288 g/mol. The topological polar surface area (TPSA) is 56.0 Å². The molecule has 2 N–H and O–H groups in total. The van der Waals surface area contributed by atoms with Crippen LogP contribution < -0.4 is 5.73 Å². The maximum absolute atomic E-state index is 11.9. The predicted molar refractivity (Wildman–Crippen MR) is 83.8 cm³/mol. The van der Waals surface area contributed by atoms with Crippen LogP contribution >= 0.6 is 11.3 Å². The maximum atomic E-state index is 11.9. The van der Waals surface area contributed by atoms with Crippen molar-refractivity contribution in [2.75, 3.05) is 0 Å². The molecular formula is C16H20N2OS. The number of rotatable bonds is 7. The second kappa shape index (κ2) is 7.31. The molecule has 4 heteroatoms. The molecule has 0 aliphatic carbocycles. The van der Waals surface area contributed by atoms with Crippen molar-refractivity contribution in [3.63, 3.8) is 0 Å². The van der Waals surface area contributed by atoms with Crippen LogP contribution in [-0.2, 0) is 11.2 Å². The molecule has 20 heavy (non-hydrogen) atoms. The molecule has 1 aromatic heterocycles. The van der Waals surface area contributed by atoms with E-state index in [0.29, 0.717) is 12.8 Å². The molecule has 106 valence electrons. The summed E-state index contributed by atoms with van der Waals surface area (Å²) < 4.78 is 0. The van der Waals surface area contributed by atoms with Crippen LogP contribution in [-0.4, -0.2) is 16.8 Å². The van der Waals surface area contributed by atoms with Crippen LogP contribution in [0.2, 0.25) is 0 Å². The molecule has 2 rings (SSSR count). The van der Waals surface area contributed by atoms with Crippen molar-refractivity contribution in [1.29, 1.82) is 0 Å². The molecule has 1 atom stereocenters. The Kier molecular flexibility index (Phi) is 5.44. The van der Waals surface area contributed by atoms with Crippen LogP contribution in [0.15, 0.2) is 35.7 Å². The lowest BCUT2D eigenvalue weighted by Crippen LogP contribution is -2.24. The minimum Gasteiger partial charge on any atom is -0.327 e. The van der Waals surface area contributed by atoms with Crippen molar-refractivity contribution >= 4 is 17.1 Å². The Balaban J connectivity index is 1.95. The quantitative estimate of drug-likeness (QED) is 0.849. The second-order valence-corrected chi connectivity index (χ2v) is 5.90. The zero-order valence-electron chi connectivity index (χ0n) is 11.7. The third-order valence-corrected chi connectivity index (χ3v) is 3.97. The molecule has 3 nitrogen and oxygen atoms in total. The van der Waals surface area contributed by atoms with E-state index in [4.69, 9.17) is 5.73 Å². The van der Waals surface area contributed by atoms with Crippen molar-refractivity contribution < 1.29 is 4.79 Å². The smallest absolute Gasteiger partial charge is 0.141 e. The number of thiazole rings is 1. The number of carbonyl (C=O) groups excluding carboxylic acids is 1. The van der Waals surface area contributed by atoms with Gasteiger partial charge in [0.25, 0.3) is 0 Å². The first-order chi connectivity index (χ1) is 9.69. The second-order valence-electron chi connectivity index (χ2n) is 4.96. The number of ketones is 1. The van der Waals surface area contributed by atoms with E-state index >= 15 is 0 Å². The van der Waals surface area contributed by atoms with E-state index in [-0.39, 0.29) is 11.8 Å². The highest BCUT2D eigenvalue weighted by Gasteiger charge is 2.12. The van der Waals surface area contributed by atoms with Crippen LogP contribution in [0.3, 0.4) is 0 Å². The minimum absolute atomic E-state index is 0.0129. The number of hydrogen-bond donors (Lipinski definition) is 1. The molecule has 0 saturated carbocycles. The van der Waals surface area contributed by atoms with Crippen molar-refractivity contribution in [1.82, 2.24) is 4.98 Å². The minimum atomic E-state index is -0.0129. The van der Waals surface area contributed by atoms with Crippen molar-refractivity contribution in [3.8, 4) is 11.3 Å². The first kappa shape index (κ1) is 14.9. The van der Waals surface area contributed by atoms with Gasteiger partial charge in [0.1, 0.15) is 10.8 Å². The van der Waals surface area contributed by atoms with Crippen LogP contribution in [0.4, 0.5) is 0 Å². The lowest BCUT2D eigenvalue weighted by Gasteiger charge is -2.07. The molecule has 0 aliphatic rings. The van der Waals surface area contributed by atoms with Gasteiger partial charge in [0, 0.05) is 23.4 Å². The van der Waals surface area contributed by atoms with Gasteiger partial charge in [-0.2, -0.15) is 0 Å². The van der Waals surface area contributed by atoms with E-state index in [1.54, 1.807) is 11.3 Å². The summed E-state index contributed by atoms with van der Waals surface area (Å²) in [6.07, 6.45) is 2.77. The van der Waals surface area contributed by atoms with Crippen LogP contribution in [0.1, 0.15) is 31.2 Å². The molecule has 0 amide bonds. The number of nitrogens with zero attached hydrogens (tertiary/aromatic N) is 1. The zero-order chi connectivity index (χ0) is 14.4. The van der Waals surface area contributed by atoms with Gasteiger partial charge in [-0.05, 0) is 6.42 Å². The van der Waals surface area contributed by atoms with Gasteiger partial charge in [-0.1, -0.05) is 43.7 Å². The number of benzene rings is 1. The summed E-state index contributed by atoms with van der Waals surface area (Å²) in [7, 11) is 0.